The first-order valence-corrected chi connectivity index (χ1v) is 7.20. The summed E-state index contributed by atoms with van der Waals surface area (Å²) in [6, 6.07) is 8.72. The van der Waals surface area contributed by atoms with Gasteiger partial charge in [-0.05, 0) is 43.1 Å². The first-order chi connectivity index (χ1) is 10.2. The molecule has 1 atom stereocenters. The first kappa shape index (κ1) is 15.4. The molecule has 0 saturated heterocycles. The van der Waals surface area contributed by atoms with Crippen molar-refractivity contribution in [2.45, 2.75) is 25.8 Å². The molecule has 112 valence electrons. The van der Waals surface area contributed by atoms with E-state index in [9.17, 15) is 4.39 Å². The van der Waals surface area contributed by atoms with Crippen LogP contribution in [-0.4, -0.2) is 18.6 Å². The van der Waals surface area contributed by atoms with Gasteiger partial charge in [0, 0.05) is 17.8 Å². The molecule has 2 rings (SSSR count). The Kier molecular flexibility index (Phi) is 5.69. The van der Waals surface area contributed by atoms with Crippen LogP contribution in [0.3, 0.4) is 0 Å². The summed E-state index contributed by atoms with van der Waals surface area (Å²) >= 11 is 0. The van der Waals surface area contributed by atoms with Crippen molar-refractivity contribution in [1.29, 1.82) is 0 Å². The molecular formula is C17H21FN2O. The molecule has 1 aromatic heterocycles. The zero-order valence-electron chi connectivity index (χ0n) is 12.5. The predicted octanol–water partition coefficient (Wildman–Crippen LogP) is 3.51. The summed E-state index contributed by atoms with van der Waals surface area (Å²) in [6.07, 6.45) is 5.32. The van der Waals surface area contributed by atoms with Crippen molar-refractivity contribution >= 4 is 0 Å². The zero-order chi connectivity index (χ0) is 15.1. The van der Waals surface area contributed by atoms with Gasteiger partial charge in [0.05, 0.1) is 13.3 Å². The molecule has 1 heterocycles. The Morgan fingerprint density at radius 3 is 2.67 bits per heavy atom. The van der Waals surface area contributed by atoms with Gasteiger partial charge in [0.25, 0.3) is 0 Å². The maximum absolute atomic E-state index is 13.0. The van der Waals surface area contributed by atoms with Crippen LogP contribution in [-0.2, 0) is 6.42 Å². The van der Waals surface area contributed by atoms with Crippen LogP contribution in [0.15, 0.2) is 42.7 Å². The molecule has 0 aliphatic carbocycles. The van der Waals surface area contributed by atoms with Gasteiger partial charge in [-0.1, -0.05) is 19.1 Å². The smallest absolute Gasteiger partial charge is 0.141 e. The second kappa shape index (κ2) is 7.74. The minimum absolute atomic E-state index is 0.119. The number of halogens is 1. The molecule has 0 saturated carbocycles. The third kappa shape index (κ3) is 4.26. The number of methoxy groups -OCH3 is 1. The van der Waals surface area contributed by atoms with Gasteiger partial charge in [0.15, 0.2) is 0 Å². The van der Waals surface area contributed by atoms with Crippen LogP contribution < -0.4 is 10.1 Å². The molecule has 0 bridgehead atoms. The van der Waals surface area contributed by atoms with Gasteiger partial charge in [0.2, 0.25) is 0 Å². The Labute approximate surface area is 125 Å². The highest BCUT2D eigenvalue weighted by Crippen LogP contribution is 2.26. The minimum atomic E-state index is -0.210. The lowest BCUT2D eigenvalue weighted by atomic mass is 9.99. The zero-order valence-corrected chi connectivity index (χ0v) is 12.5. The summed E-state index contributed by atoms with van der Waals surface area (Å²) in [4.78, 5) is 4.10. The van der Waals surface area contributed by atoms with Crippen molar-refractivity contribution in [3.05, 3.63) is 59.7 Å². The average molecular weight is 288 g/mol. The van der Waals surface area contributed by atoms with E-state index in [-0.39, 0.29) is 11.9 Å². The Bertz CT molecular complexity index is 557. The molecule has 2 aromatic rings. The lowest BCUT2D eigenvalue weighted by molar-refractivity contribution is 0.396. The highest BCUT2D eigenvalue weighted by Gasteiger charge is 2.16. The van der Waals surface area contributed by atoms with Crippen LogP contribution in [0.4, 0.5) is 4.39 Å². The molecule has 0 spiro atoms. The number of hydrogen-bond donors (Lipinski definition) is 1. The molecule has 1 aromatic carbocycles. The second-order valence-corrected chi connectivity index (χ2v) is 4.95. The Morgan fingerprint density at radius 2 is 2.00 bits per heavy atom. The maximum atomic E-state index is 13.0. The summed E-state index contributed by atoms with van der Waals surface area (Å²) < 4.78 is 18.4. The van der Waals surface area contributed by atoms with Crippen molar-refractivity contribution in [3.63, 3.8) is 0 Å². The van der Waals surface area contributed by atoms with E-state index in [2.05, 4.69) is 17.2 Å². The molecule has 0 aliphatic rings. The summed E-state index contributed by atoms with van der Waals surface area (Å²) in [6.45, 7) is 3.04. The predicted molar refractivity (Wildman–Crippen MR) is 81.9 cm³/mol. The van der Waals surface area contributed by atoms with E-state index in [1.807, 2.05) is 18.2 Å². The van der Waals surface area contributed by atoms with Crippen molar-refractivity contribution in [2.24, 2.45) is 0 Å². The van der Waals surface area contributed by atoms with E-state index < -0.39 is 0 Å². The molecule has 0 aliphatic heterocycles. The fourth-order valence-electron chi connectivity index (χ4n) is 2.32. The van der Waals surface area contributed by atoms with Crippen molar-refractivity contribution < 1.29 is 9.13 Å². The van der Waals surface area contributed by atoms with E-state index in [0.29, 0.717) is 0 Å². The third-order valence-corrected chi connectivity index (χ3v) is 3.41. The van der Waals surface area contributed by atoms with E-state index in [1.165, 1.54) is 12.1 Å². The maximum Gasteiger partial charge on any atom is 0.141 e. The molecular weight excluding hydrogens is 267 g/mol. The summed E-state index contributed by atoms with van der Waals surface area (Å²) in [5.74, 6) is 0.562. The van der Waals surface area contributed by atoms with Crippen LogP contribution in [0, 0.1) is 5.82 Å². The summed E-state index contributed by atoms with van der Waals surface area (Å²) in [5.41, 5.74) is 2.16. The van der Waals surface area contributed by atoms with Crippen molar-refractivity contribution in [3.8, 4) is 5.75 Å². The molecule has 1 N–H and O–H groups in total. The van der Waals surface area contributed by atoms with Gasteiger partial charge in [-0.3, -0.25) is 4.98 Å². The molecule has 0 fully saturated rings. The molecule has 0 radical (unpaired) electrons. The Balaban J connectivity index is 2.23. The third-order valence-electron chi connectivity index (χ3n) is 3.41. The number of hydrogen-bond acceptors (Lipinski definition) is 3. The molecule has 4 heteroatoms. The minimum Gasteiger partial charge on any atom is -0.495 e. The quantitative estimate of drug-likeness (QED) is 0.846. The van der Waals surface area contributed by atoms with Crippen molar-refractivity contribution in [2.75, 3.05) is 13.7 Å². The second-order valence-electron chi connectivity index (χ2n) is 4.95. The van der Waals surface area contributed by atoms with E-state index in [4.69, 9.17) is 4.74 Å². The lowest BCUT2D eigenvalue weighted by Gasteiger charge is -2.21. The topological polar surface area (TPSA) is 34.2 Å². The van der Waals surface area contributed by atoms with Gasteiger partial charge in [-0.25, -0.2) is 4.39 Å². The van der Waals surface area contributed by atoms with E-state index >= 15 is 0 Å². The highest BCUT2D eigenvalue weighted by atomic mass is 19.1. The summed E-state index contributed by atoms with van der Waals surface area (Å²) in [5, 5.41) is 3.52. The number of aromatic nitrogens is 1. The number of benzene rings is 1. The number of pyridine rings is 1. The van der Waals surface area contributed by atoms with Crippen LogP contribution in [0.1, 0.15) is 30.5 Å². The van der Waals surface area contributed by atoms with Crippen LogP contribution in [0.25, 0.3) is 0 Å². The number of rotatable bonds is 7. The highest BCUT2D eigenvalue weighted by molar-refractivity contribution is 5.34. The number of ether oxygens (including phenoxy) is 1. The summed E-state index contributed by atoms with van der Waals surface area (Å²) in [7, 11) is 1.65. The van der Waals surface area contributed by atoms with E-state index in [1.54, 1.807) is 19.5 Å². The largest absolute Gasteiger partial charge is 0.495 e. The number of nitrogens with one attached hydrogen (secondary N) is 1. The van der Waals surface area contributed by atoms with Crippen LogP contribution in [0.2, 0.25) is 0 Å². The van der Waals surface area contributed by atoms with Crippen LogP contribution in [0.5, 0.6) is 5.75 Å². The monoisotopic (exact) mass is 288 g/mol. The average Bonchev–Trinajstić information content (AvgIpc) is 2.53. The number of nitrogens with zero attached hydrogens (tertiary/aromatic N) is 1. The van der Waals surface area contributed by atoms with E-state index in [0.717, 1.165) is 36.3 Å². The van der Waals surface area contributed by atoms with Gasteiger partial charge < -0.3 is 10.1 Å². The van der Waals surface area contributed by atoms with Gasteiger partial charge in [0.1, 0.15) is 11.6 Å². The Morgan fingerprint density at radius 1 is 1.24 bits per heavy atom. The molecule has 0 amide bonds. The van der Waals surface area contributed by atoms with Crippen LogP contribution >= 0.6 is 0 Å². The molecule has 21 heavy (non-hydrogen) atoms. The fraction of sp³-hybridized carbons (Fsp3) is 0.353. The SMILES string of the molecule is CCCNC(Cc1ccc(F)cc1)c1ccncc1OC. The lowest BCUT2D eigenvalue weighted by Crippen LogP contribution is -2.24. The molecule has 1 unspecified atom stereocenters. The Hall–Kier alpha value is -1.94. The van der Waals surface area contributed by atoms with Gasteiger partial charge >= 0.3 is 0 Å². The standard InChI is InChI=1S/C17H21FN2O/c1-3-9-20-16(11-13-4-6-14(18)7-5-13)15-8-10-19-12-17(15)21-2/h4-8,10,12,16,20H,3,9,11H2,1-2H3. The first-order valence-electron chi connectivity index (χ1n) is 7.20. The van der Waals surface area contributed by atoms with Gasteiger partial charge in [-0.15, -0.1) is 0 Å². The molecule has 3 nitrogen and oxygen atoms in total. The fourth-order valence-corrected chi connectivity index (χ4v) is 2.32. The normalized spacial score (nSPS) is 12.1. The van der Waals surface area contributed by atoms with Crippen molar-refractivity contribution in [1.82, 2.24) is 10.3 Å². The van der Waals surface area contributed by atoms with Gasteiger partial charge in [-0.2, -0.15) is 0 Å².